The van der Waals surface area contributed by atoms with Gasteiger partial charge in [-0.15, -0.1) is 0 Å². The molecule has 0 atom stereocenters. The first kappa shape index (κ1) is 21.1. The molecule has 1 aromatic heterocycles. The molecule has 158 valence electrons. The highest BCUT2D eigenvalue weighted by Gasteiger charge is 2.27. The zero-order chi connectivity index (χ0) is 21.3. The molecule has 1 aliphatic rings. The molecule has 1 saturated heterocycles. The number of hydrogen-bond acceptors (Lipinski definition) is 4. The van der Waals surface area contributed by atoms with Gasteiger partial charge in [0.15, 0.2) is 0 Å². The summed E-state index contributed by atoms with van der Waals surface area (Å²) in [4.78, 5) is 12.7. The van der Waals surface area contributed by atoms with E-state index in [1.807, 2.05) is 18.2 Å². The molecule has 0 radical (unpaired) electrons. The van der Waals surface area contributed by atoms with Crippen molar-refractivity contribution in [1.29, 1.82) is 0 Å². The smallest absolute Gasteiger partial charge is 0.243 e. The summed E-state index contributed by atoms with van der Waals surface area (Å²) in [5.41, 5.74) is 2.07. The van der Waals surface area contributed by atoms with E-state index in [9.17, 15) is 13.2 Å². The number of piperidine rings is 1. The summed E-state index contributed by atoms with van der Waals surface area (Å²) in [7, 11) is -3.50. The summed E-state index contributed by atoms with van der Waals surface area (Å²) in [5.74, 6) is 0.362. The largest absolute Gasteiger partial charge is 0.464 e. The van der Waals surface area contributed by atoms with Gasteiger partial charge in [-0.1, -0.05) is 22.9 Å². The Labute approximate surface area is 184 Å². The van der Waals surface area contributed by atoms with Crippen LogP contribution in [0, 0.1) is 5.92 Å². The number of amides is 1. The first-order chi connectivity index (χ1) is 14.3. The maximum atomic E-state index is 12.8. The number of sulfonamides is 1. The molecule has 0 saturated carbocycles. The van der Waals surface area contributed by atoms with Crippen molar-refractivity contribution < 1.29 is 17.6 Å². The summed E-state index contributed by atoms with van der Waals surface area (Å²) >= 11 is 3.43. The molecule has 1 fully saturated rings. The van der Waals surface area contributed by atoms with Gasteiger partial charge in [0.2, 0.25) is 15.9 Å². The third-order valence-corrected chi connectivity index (χ3v) is 7.89. The molecule has 1 aliphatic heterocycles. The van der Waals surface area contributed by atoms with E-state index in [4.69, 9.17) is 4.42 Å². The summed E-state index contributed by atoms with van der Waals surface area (Å²) in [5, 5.41) is 3.71. The summed E-state index contributed by atoms with van der Waals surface area (Å²) < 4.78 is 33.6. The number of rotatable bonds is 5. The zero-order valence-corrected chi connectivity index (χ0v) is 19.0. The second kappa shape index (κ2) is 8.53. The summed E-state index contributed by atoms with van der Waals surface area (Å²) in [6.07, 6.45) is 3.51. The Balaban J connectivity index is 1.43. The summed E-state index contributed by atoms with van der Waals surface area (Å²) in [6.45, 7) is 3.25. The van der Waals surface area contributed by atoms with Gasteiger partial charge in [0.05, 0.1) is 17.6 Å². The second-order valence-corrected chi connectivity index (χ2v) is 10.6. The van der Waals surface area contributed by atoms with Gasteiger partial charge in [0.25, 0.3) is 0 Å². The number of anilines is 1. The molecule has 6 nitrogen and oxygen atoms in total. The molecule has 3 aromatic rings. The average Bonchev–Trinajstić information content (AvgIpc) is 3.10. The molecule has 1 amide bonds. The molecular formula is C22H23BrN2O4S. The van der Waals surface area contributed by atoms with Gasteiger partial charge in [-0.05, 0) is 61.2 Å². The predicted octanol–water partition coefficient (Wildman–Crippen LogP) is 4.80. The van der Waals surface area contributed by atoms with Gasteiger partial charge in [-0.2, -0.15) is 4.31 Å². The third kappa shape index (κ3) is 4.45. The Bertz CT molecular complexity index is 1160. The van der Waals surface area contributed by atoms with Gasteiger partial charge in [-0.25, -0.2) is 8.42 Å². The second-order valence-electron chi connectivity index (χ2n) is 7.74. The lowest BCUT2D eigenvalue weighted by Crippen LogP contribution is -2.37. The number of nitrogens with one attached hydrogen (secondary N) is 1. The minimum Gasteiger partial charge on any atom is -0.464 e. The van der Waals surface area contributed by atoms with Crippen molar-refractivity contribution >= 4 is 48.5 Å². The number of carbonyl (C=O) groups is 1. The van der Waals surface area contributed by atoms with Crippen LogP contribution >= 0.6 is 15.9 Å². The molecule has 0 spiro atoms. The van der Waals surface area contributed by atoms with E-state index in [2.05, 4.69) is 28.2 Å². The standard InChI is InChI=1S/C22H23BrN2O4S/c1-15-8-10-25(11-9-15)30(27,28)19-5-3-18(4-6-19)24-22(26)12-16-14-29-21-7-2-17(23)13-20(16)21/h2-7,13-15H,8-12H2,1H3,(H,24,26). The number of hydrogen-bond donors (Lipinski definition) is 1. The quantitative estimate of drug-likeness (QED) is 0.556. The SMILES string of the molecule is CC1CCN(S(=O)(=O)c2ccc(NC(=O)Cc3coc4ccc(Br)cc34)cc2)CC1. The van der Waals surface area contributed by atoms with E-state index in [0.29, 0.717) is 24.7 Å². The predicted molar refractivity (Wildman–Crippen MR) is 120 cm³/mol. The number of benzene rings is 2. The molecular weight excluding hydrogens is 468 g/mol. The zero-order valence-electron chi connectivity index (χ0n) is 16.6. The van der Waals surface area contributed by atoms with E-state index >= 15 is 0 Å². The number of carbonyl (C=O) groups excluding carboxylic acids is 1. The van der Waals surface area contributed by atoms with Gasteiger partial charge in [-0.3, -0.25) is 4.79 Å². The number of fused-ring (bicyclic) bond motifs is 1. The van der Waals surface area contributed by atoms with Gasteiger partial charge >= 0.3 is 0 Å². The minimum absolute atomic E-state index is 0.162. The highest BCUT2D eigenvalue weighted by Crippen LogP contribution is 2.26. The Morgan fingerprint density at radius 3 is 2.57 bits per heavy atom. The maximum absolute atomic E-state index is 12.8. The van der Waals surface area contributed by atoms with Crippen molar-refractivity contribution in [3.05, 3.63) is 58.8 Å². The lowest BCUT2D eigenvalue weighted by Gasteiger charge is -2.29. The number of nitrogens with zero attached hydrogens (tertiary/aromatic N) is 1. The van der Waals surface area contributed by atoms with Crippen molar-refractivity contribution in [3.8, 4) is 0 Å². The normalized spacial score (nSPS) is 16.1. The molecule has 0 unspecified atom stereocenters. The van der Waals surface area contributed by atoms with Crippen molar-refractivity contribution in [1.82, 2.24) is 4.31 Å². The average molecular weight is 491 g/mol. The van der Waals surface area contributed by atoms with Crippen molar-refractivity contribution in [2.24, 2.45) is 5.92 Å². The minimum atomic E-state index is -3.50. The fourth-order valence-electron chi connectivity index (χ4n) is 3.65. The fourth-order valence-corrected chi connectivity index (χ4v) is 5.48. The third-order valence-electron chi connectivity index (χ3n) is 5.49. The van der Waals surface area contributed by atoms with E-state index < -0.39 is 10.0 Å². The van der Waals surface area contributed by atoms with Crippen molar-refractivity contribution in [3.63, 3.8) is 0 Å². The van der Waals surface area contributed by atoms with E-state index in [0.717, 1.165) is 33.8 Å². The van der Waals surface area contributed by atoms with Crippen LogP contribution in [0.5, 0.6) is 0 Å². The highest BCUT2D eigenvalue weighted by molar-refractivity contribution is 9.10. The molecule has 4 rings (SSSR count). The van der Waals surface area contributed by atoms with Crippen molar-refractivity contribution in [2.75, 3.05) is 18.4 Å². The topological polar surface area (TPSA) is 79.6 Å². The first-order valence-corrected chi connectivity index (χ1v) is 12.1. The monoisotopic (exact) mass is 490 g/mol. The van der Waals surface area contributed by atoms with Crippen molar-refractivity contribution in [2.45, 2.75) is 31.1 Å². The molecule has 0 aliphatic carbocycles. The van der Waals surface area contributed by atoms with Crippen LogP contribution in [-0.4, -0.2) is 31.7 Å². The van der Waals surface area contributed by atoms with Crippen LogP contribution in [0.4, 0.5) is 5.69 Å². The lowest BCUT2D eigenvalue weighted by molar-refractivity contribution is -0.115. The molecule has 8 heteroatoms. The number of furan rings is 1. The molecule has 2 heterocycles. The highest BCUT2D eigenvalue weighted by atomic mass is 79.9. The van der Waals surface area contributed by atoms with Crippen LogP contribution in [0.15, 0.2) is 62.5 Å². The van der Waals surface area contributed by atoms with Crippen LogP contribution in [0.2, 0.25) is 0 Å². The Kier molecular flexibility index (Phi) is 5.99. The van der Waals surface area contributed by atoms with Gasteiger partial charge in [0, 0.05) is 34.2 Å². The van der Waals surface area contributed by atoms with E-state index in [1.54, 1.807) is 34.8 Å². The van der Waals surface area contributed by atoms with Gasteiger partial charge in [0.1, 0.15) is 5.58 Å². The first-order valence-electron chi connectivity index (χ1n) is 9.88. The van der Waals surface area contributed by atoms with Crippen LogP contribution in [0.1, 0.15) is 25.3 Å². The van der Waals surface area contributed by atoms with Crippen LogP contribution in [0.25, 0.3) is 11.0 Å². The fraction of sp³-hybridized carbons (Fsp3) is 0.318. The molecule has 30 heavy (non-hydrogen) atoms. The summed E-state index contributed by atoms with van der Waals surface area (Å²) in [6, 6.07) is 12.0. The lowest BCUT2D eigenvalue weighted by atomic mass is 10.0. The van der Waals surface area contributed by atoms with Crippen LogP contribution in [0.3, 0.4) is 0 Å². The van der Waals surface area contributed by atoms with Gasteiger partial charge < -0.3 is 9.73 Å². The Hall–Kier alpha value is -2.16. The Morgan fingerprint density at radius 2 is 1.87 bits per heavy atom. The van der Waals surface area contributed by atoms with Crippen LogP contribution in [-0.2, 0) is 21.2 Å². The molecule has 2 aromatic carbocycles. The van der Waals surface area contributed by atoms with E-state index in [-0.39, 0.29) is 17.2 Å². The molecule has 1 N–H and O–H groups in total. The van der Waals surface area contributed by atoms with Crippen LogP contribution < -0.4 is 5.32 Å². The van der Waals surface area contributed by atoms with E-state index in [1.165, 1.54) is 0 Å². The number of halogens is 1. The molecule has 0 bridgehead atoms. The Morgan fingerprint density at radius 1 is 1.17 bits per heavy atom. The maximum Gasteiger partial charge on any atom is 0.243 e.